The monoisotopic (exact) mass is 330 g/mol. The summed E-state index contributed by atoms with van der Waals surface area (Å²) in [6.45, 7) is 3.29. The molecule has 0 radical (unpaired) electrons. The van der Waals surface area contributed by atoms with Crippen LogP contribution in [0.3, 0.4) is 0 Å². The quantitative estimate of drug-likeness (QED) is 0.567. The summed E-state index contributed by atoms with van der Waals surface area (Å²) < 4.78 is 5.18. The van der Waals surface area contributed by atoms with Crippen LogP contribution < -0.4 is 4.74 Å². The molecule has 6 heteroatoms. The van der Waals surface area contributed by atoms with E-state index in [1.54, 1.807) is 44.2 Å². The van der Waals surface area contributed by atoms with Crippen molar-refractivity contribution in [2.45, 2.75) is 25.6 Å². The highest BCUT2D eigenvalue weighted by Gasteiger charge is 2.51. The van der Waals surface area contributed by atoms with E-state index < -0.39 is 23.6 Å². The predicted molar refractivity (Wildman–Crippen MR) is 85.5 cm³/mol. The SMILES string of the molecule is Cc1ccccc1OC(=O)C(O)(c1ccccc1C)C(O)C(=O)O. The molecule has 2 unspecified atom stereocenters. The number of aryl methyl sites for hydroxylation is 2. The van der Waals surface area contributed by atoms with E-state index in [1.165, 1.54) is 18.2 Å². The number of carbonyl (C=O) groups is 2. The highest BCUT2D eigenvalue weighted by atomic mass is 16.6. The first-order valence-corrected chi connectivity index (χ1v) is 7.25. The van der Waals surface area contributed by atoms with Crippen molar-refractivity contribution >= 4 is 11.9 Å². The van der Waals surface area contributed by atoms with Gasteiger partial charge in [0.1, 0.15) is 5.75 Å². The van der Waals surface area contributed by atoms with Crippen LogP contribution >= 0.6 is 0 Å². The third-order valence-electron chi connectivity index (χ3n) is 3.79. The Hall–Kier alpha value is -2.70. The van der Waals surface area contributed by atoms with E-state index in [9.17, 15) is 19.8 Å². The largest absolute Gasteiger partial charge is 0.479 e. The standard InChI is InChI=1S/C18H18O6/c1-11-7-3-5-9-13(11)18(23,15(19)16(20)21)17(22)24-14-10-6-4-8-12(14)2/h3-10,15,19,23H,1-2H3,(H,20,21). The Balaban J connectivity index is 2.51. The van der Waals surface area contributed by atoms with Crippen LogP contribution in [0.5, 0.6) is 5.75 Å². The molecule has 6 nitrogen and oxygen atoms in total. The first-order valence-electron chi connectivity index (χ1n) is 7.25. The van der Waals surface area contributed by atoms with Gasteiger partial charge in [-0.3, -0.25) is 0 Å². The fourth-order valence-electron chi connectivity index (χ4n) is 2.40. The molecule has 0 heterocycles. The third-order valence-corrected chi connectivity index (χ3v) is 3.79. The zero-order valence-corrected chi connectivity index (χ0v) is 13.3. The third kappa shape index (κ3) is 3.15. The minimum absolute atomic E-state index is 0.0292. The van der Waals surface area contributed by atoms with Gasteiger partial charge in [-0.1, -0.05) is 42.5 Å². The van der Waals surface area contributed by atoms with E-state index >= 15 is 0 Å². The van der Waals surface area contributed by atoms with Crippen LogP contribution in [-0.4, -0.2) is 33.4 Å². The number of aliphatic carboxylic acids is 1. The van der Waals surface area contributed by atoms with Crippen molar-refractivity contribution in [2.24, 2.45) is 0 Å². The summed E-state index contributed by atoms with van der Waals surface area (Å²) >= 11 is 0. The minimum Gasteiger partial charge on any atom is -0.479 e. The predicted octanol–water partition coefficient (Wildman–Crippen LogP) is 1.54. The van der Waals surface area contributed by atoms with E-state index in [0.29, 0.717) is 11.1 Å². The molecule has 0 fully saturated rings. The van der Waals surface area contributed by atoms with Crippen molar-refractivity contribution in [3.05, 3.63) is 65.2 Å². The molecule has 0 saturated heterocycles. The molecule has 24 heavy (non-hydrogen) atoms. The molecule has 2 atom stereocenters. The number of hydrogen-bond donors (Lipinski definition) is 3. The molecular weight excluding hydrogens is 312 g/mol. The second-order valence-electron chi connectivity index (χ2n) is 5.48. The van der Waals surface area contributed by atoms with E-state index in [2.05, 4.69) is 0 Å². The molecule has 2 aromatic carbocycles. The average Bonchev–Trinajstić information content (AvgIpc) is 2.55. The van der Waals surface area contributed by atoms with Gasteiger partial charge in [-0.05, 0) is 31.0 Å². The Labute approximate surface area is 138 Å². The van der Waals surface area contributed by atoms with Crippen molar-refractivity contribution in [1.82, 2.24) is 0 Å². The van der Waals surface area contributed by atoms with Gasteiger partial charge in [0.05, 0.1) is 0 Å². The zero-order valence-electron chi connectivity index (χ0n) is 13.3. The van der Waals surface area contributed by atoms with E-state index in [-0.39, 0.29) is 11.3 Å². The van der Waals surface area contributed by atoms with Gasteiger partial charge in [0.25, 0.3) is 0 Å². The molecule has 0 bridgehead atoms. The summed E-state index contributed by atoms with van der Waals surface area (Å²) in [4.78, 5) is 23.8. The second kappa shape index (κ2) is 6.82. The van der Waals surface area contributed by atoms with Gasteiger partial charge in [-0.15, -0.1) is 0 Å². The molecule has 0 aliphatic carbocycles. The normalized spacial score (nSPS) is 14.5. The van der Waals surface area contributed by atoms with Crippen LogP contribution in [0.2, 0.25) is 0 Å². The number of aliphatic hydroxyl groups is 2. The Kier molecular flexibility index (Phi) is 5.02. The van der Waals surface area contributed by atoms with E-state index in [4.69, 9.17) is 9.84 Å². The Bertz CT molecular complexity index is 770. The highest BCUT2D eigenvalue weighted by Crippen LogP contribution is 2.31. The molecule has 0 spiro atoms. The van der Waals surface area contributed by atoms with Crippen LogP contribution in [0.15, 0.2) is 48.5 Å². The molecule has 2 aromatic rings. The minimum atomic E-state index is -2.74. The molecule has 0 aliphatic rings. The van der Waals surface area contributed by atoms with Crippen LogP contribution in [0.1, 0.15) is 16.7 Å². The summed E-state index contributed by atoms with van der Waals surface area (Å²) in [5.74, 6) is -2.82. The number of hydrogen-bond acceptors (Lipinski definition) is 5. The second-order valence-corrected chi connectivity index (χ2v) is 5.48. The molecule has 3 N–H and O–H groups in total. The van der Waals surface area contributed by atoms with Crippen LogP contribution in [0.25, 0.3) is 0 Å². The van der Waals surface area contributed by atoms with Gasteiger partial charge in [-0.2, -0.15) is 0 Å². The summed E-state index contributed by atoms with van der Waals surface area (Å²) in [6.07, 6.45) is -2.38. The highest BCUT2D eigenvalue weighted by molar-refractivity contribution is 5.91. The van der Waals surface area contributed by atoms with E-state index in [0.717, 1.165) is 0 Å². The smallest absolute Gasteiger partial charge is 0.351 e. The Morgan fingerprint density at radius 2 is 1.54 bits per heavy atom. The number of ether oxygens (including phenoxy) is 1. The molecular formula is C18H18O6. The van der Waals surface area contributed by atoms with Gasteiger partial charge in [-0.25, -0.2) is 9.59 Å². The van der Waals surface area contributed by atoms with E-state index in [1.807, 2.05) is 0 Å². The van der Waals surface area contributed by atoms with Gasteiger partial charge in [0, 0.05) is 5.56 Å². The molecule has 2 rings (SSSR count). The lowest BCUT2D eigenvalue weighted by molar-refractivity contribution is -0.183. The summed E-state index contributed by atoms with van der Waals surface area (Å²) in [6, 6.07) is 12.8. The van der Waals surface area contributed by atoms with Crippen LogP contribution in [0.4, 0.5) is 0 Å². The zero-order chi connectivity index (χ0) is 17.9. The van der Waals surface area contributed by atoms with Crippen molar-refractivity contribution < 1.29 is 29.6 Å². The number of rotatable bonds is 5. The van der Waals surface area contributed by atoms with Crippen LogP contribution in [-0.2, 0) is 15.2 Å². The van der Waals surface area contributed by atoms with Crippen molar-refractivity contribution in [3.8, 4) is 5.75 Å². The first kappa shape index (κ1) is 17.7. The van der Waals surface area contributed by atoms with Gasteiger partial charge in [0.15, 0.2) is 6.10 Å². The number of carboxylic acids is 1. The molecule has 0 saturated carbocycles. The number of para-hydroxylation sites is 1. The van der Waals surface area contributed by atoms with Crippen molar-refractivity contribution in [3.63, 3.8) is 0 Å². The molecule has 126 valence electrons. The summed E-state index contributed by atoms with van der Waals surface area (Å²) in [5, 5.41) is 29.9. The maximum absolute atomic E-state index is 12.6. The fraction of sp³-hybridized carbons (Fsp3) is 0.222. The van der Waals surface area contributed by atoms with Gasteiger partial charge in [0.2, 0.25) is 5.60 Å². The maximum Gasteiger partial charge on any atom is 0.351 e. The molecule has 0 amide bonds. The lowest BCUT2D eigenvalue weighted by Gasteiger charge is -2.30. The fourth-order valence-corrected chi connectivity index (χ4v) is 2.40. The molecule has 0 aliphatic heterocycles. The van der Waals surface area contributed by atoms with Gasteiger partial charge >= 0.3 is 11.9 Å². The Morgan fingerprint density at radius 3 is 2.08 bits per heavy atom. The number of esters is 1. The van der Waals surface area contributed by atoms with Crippen molar-refractivity contribution in [1.29, 1.82) is 0 Å². The Morgan fingerprint density at radius 1 is 1.00 bits per heavy atom. The summed E-state index contributed by atoms with van der Waals surface area (Å²) in [7, 11) is 0. The lowest BCUT2D eigenvalue weighted by Crippen LogP contribution is -2.52. The van der Waals surface area contributed by atoms with Gasteiger partial charge < -0.3 is 20.1 Å². The molecule has 0 aromatic heterocycles. The lowest BCUT2D eigenvalue weighted by atomic mass is 9.85. The summed E-state index contributed by atoms with van der Waals surface area (Å²) in [5.41, 5.74) is -1.69. The number of carboxylic acid groups (broad SMARTS) is 1. The number of carbonyl (C=O) groups excluding carboxylic acids is 1. The van der Waals surface area contributed by atoms with Crippen molar-refractivity contribution in [2.75, 3.05) is 0 Å². The number of aliphatic hydroxyl groups excluding tert-OH is 1. The first-order chi connectivity index (χ1) is 11.3. The average molecular weight is 330 g/mol. The maximum atomic E-state index is 12.6. The van der Waals surface area contributed by atoms with Crippen LogP contribution in [0, 0.1) is 13.8 Å². The topological polar surface area (TPSA) is 104 Å². The number of benzene rings is 2.